The van der Waals surface area contributed by atoms with Crippen LogP contribution in [-0.4, -0.2) is 33.5 Å². The number of thioether (sulfide) groups is 1. The van der Waals surface area contributed by atoms with Crippen molar-refractivity contribution in [3.8, 4) is 0 Å². The molecule has 150 valence electrons. The molecule has 1 aliphatic rings. The average Bonchev–Trinajstić information content (AvgIpc) is 3.30. The highest BCUT2D eigenvalue weighted by Gasteiger charge is 2.31. The van der Waals surface area contributed by atoms with Crippen LogP contribution in [0.5, 0.6) is 0 Å². The van der Waals surface area contributed by atoms with Gasteiger partial charge < -0.3 is 4.42 Å². The zero-order valence-electron chi connectivity index (χ0n) is 15.6. The van der Waals surface area contributed by atoms with E-state index in [1.54, 1.807) is 30.3 Å². The van der Waals surface area contributed by atoms with Gasteiger partial charge in [-0.05, 0) is 37.1 Å². The first-order valence-electron chi connectivity index (χ1n) is 8.89. The molecule has 0 atom stereocenters. The first kappa shape index (κ1) is 20.8. The van der Waals surface area contributed by atoms with Crippen molar-refractivity contribution in [1.29, 1.82) is 0 Å². The maximum absolute atomic E-state index is 12.5. The Balaban J connectivity index is 1.44. The van der Waals surface area contributed by atoms with Crippen molar-refractivity contribution in [2.75, 3.05) is 6.54 Å². The third-order valence-corrected chi connectivity index (χ3v) is 5.56. The molecule has 2 aromatic rings. The molecule has 1 saturated heterocycles. The molecule has 3 rings (SSSR count). The van der Waals surface area contributed by atoms with E-state index in [0.717, 1.165) is 5.56 Å². The van der Waals surface area contributed by atoms with E-state index in [9.17, 15) is 14.4 Å². The normalized spacial score (nSPS) is 15.1. The minimum atomic E-state index is -0.378. The summed E-state index contributed by atoms with van der Waals surface area (Å²) in [6.07, 6.45) is 3.73. The second-order valence-electron chi connectivity index (χ2n) is 6.27. The maximum Gasteiger partial charge on any atom is 0.269 e. The SMILES string of the molecule is Cc1ccccc1C(=O)NNC(=O)CCCN1C(=O)/C(=C\c2ccco2)SC1=S. The van der Waals surface area contributed by atoms with E-state index in [4.69, 9.17) is 16.6 Å². The molecule has 1 fully saturated rings. The number of amides is 3. The topological polar surface area (TPSA) is 91.7 Å². The largest absolute Gasteiger partial charge is 0.465 e. The Morgan fingerprint density at radius 2 is 2.00 bits per heavy atom. The predicted molar refractivity (Wildman–Crippen MR) is 115 cm³/mol. The lowest BCUT2D eigenvalue weighted by atomic mass is 10.1. The van der Waals surface area contributed by atoms with E-state index in [-0.39, 0.29) is 24.1 Å². The summed E-state index contributed by atoms with van der Waals surface area (Å²) >= 11 is 6.46. The van der Waals surface area contributed by atoms with Crippen molar-refractivity contribution in [3.05, 3.63) is 64.5 Å². The van der Waals surface area contributed by atoms with Gasteiger partial charge >= 0.3 is 0 Å². The van der Waals surface area contributed by atoms with Crippen molar-refractivity contribution < 1.29 is 18.8 Å². The molecule has 3 amide bonds. The lowest BCUT2D eigenvalue weighted by Gasteiger charge is -2.14. The molecule has 0 aliphatic carbocycles. The van der Waals surface area contributed by atoms with Gasteiger partial charge in [0.2, 0.25) is 5.91 Å². The highest BCUT2D eigenvalue weighted by atomic mass is 32.2. The third kappa shape index (κ3) is 5.33. The number of thiocarbonyl (C=S) groups is 1. The second kappa shape index (κ2) is 9.53. The van der Waals surface area contributed by atoms with Crippen LogP contribution in [0.3, 0.4) is 0 Å². The monoisotopic (exact) mass is 429 g/mol. The number of hydrogen-bond acceptors (Lipinski definition) is 6. The summed E-state index contributed by atoms with van der Waals surface area (Å²) in [6.45, 7) is 2.14. The van der Waals surface area contributed by atoms with Crippen LogP contribution >= 0.6 is 24.0 Å². The molecule has 29 heavy (non-hydrogen) atoms. The Bertz CT molecular complexity index is 970. The maximum atomic E-state index is 12.5. The highest BCUT2D eigenvalue weighted by molar-refractivity contribution is 8.26. The number of hydrogen-bond donors (Lipinski definition) is 2. The van der Waals surface area contributed by atoms with Crippen LogP contribution in [0.25, 0.3) is 6.08 Å². The van der Waals surface area contributed by atoms with Crippen LogP contribution in [0.4, 0.5) is 0 Å². The van der Waals surface area contributed by atoms with Crippen LogP contribution < -0.4 is 10.9 Å². The predicted octanol–water partition coefficient (Wildman–Crippen LogP) is 3.03. The molecular formula is C20H19N3O4S2. The number of nitrogens with one attached hydrogen (secondary N) is 2. The quantitative estimate of drug-likeness (QED) is 0.417. The number of rotatable bonds is 6. The number of nitrogens with zero attached hydrogens (tertiary/aromatic N) is 1. The molecule has 1 aromatic carbocycles. The summed E-state index contributed by atoms with van der Waals surface area (Å²) in [5.41, 5.74) is 6.10. The van der Waals surface area contributed by atoms with Crippen LogP contribution in [0.15, 0.2) is 52.0 Å². The zero-order chi connectivity index (χ0) is 20.8. The van der Waals surface area contributed by atoms with Gasteiger partial charge in [-0.2, -0.15) is 0 Å². The number of aryl methyl sites for hydroxylation is 1. The smallest absolute Gasteiger partial charge is 0.269 e. The van der Waals surface area contributed by atoms with Crippen molar-refractivity contribution in [2.24, 2.45) is 0 Å². The number of carbonyl (C=O) groups is 3. The minimum absolute atomic E-state index is 0.141. The van der Waals surface area contributed by atoms with Gasteiger partial charge in [0.25, 0.3) is 11.8 Å². The lowest BCUT2D eigenvalue weighted by Crippen LogP contribution is -2.42. The first-order chi connectivity index (χ1) is 14.0. The third-order valence-electron chi connectivity index (χ3n) is 4.18. The Morgan fingerprint density at radius 3 is 2.72 bits per heavy atom. The Labute approximate surface area is 177 Å². The number of benzene rings is 1. The van der Waals surface area contributed by atoms with Crippen LogP contribution in [0.2, 0.25) is 0 Å². The summed E-state index contributed by atoms with van der Waals surface area (Å²) in [7, 11) is 0. The zero-order valence-corrected chi connectivity index (χ0v) is 17.3. The van der Waals surface area contributed by atoms with E-state index in [1.165, 1.54) is 22.9 Å². The summed E-state index contributed by atoms with van der Waals surface area (Å²) < 4.78 is 5.67. The fourth-order valence-corrected chi connectivity index (χ4v) is 3.97. The van der Waals surface area contributed by atoms with E-state index in [2.05, 4.69) is 10.9 Å². The molecule has 2 N–H and O–H groups in total. The van der Waals surface area contributed by atoms with Gasteiger partial charge in [-0.3, -0.25) is 30.1 Å². The van der Waals surface area contributed by atoms with Gasteiger partial charge in [-0.25, -0.2) is 0 Å². The number of hydrazine groups is 1. The second-order valence-corrected chi connectivity index (χ2v) is 7.95. The molecule has 0 unspecified atom stereocenters. The Morgan fingerprint density at radius 1 is 1.21 bits per heavy atom. The molecule has 0 bridgehead atoms. The molecule has 7 nitrogen and oxygen atoms in total. The molecule has 0 saturated carbocycles. The van der Waals surface area contributed by atoms with Crippen molar-refractivity contribution in [1.82, 2.24) is 15.8 Å². The van der Waals surface area contributed by atoms with Gasteiger partial charge in [-0.15, -0.1) is 0 Å². The molecule has 0 spiro atoms. The summed E-state index contributed by atoms with van der Waals surface area (Å²) in [5.74, 6) is -0.348. The fourth-order valence-electron chi connectivity index (χ4n) is 2.68. The number of furan rings is 1. The van der Waals surface area contributed by atoms with Crippen LogP contribution in [0.1, 0.15) is 34.5 Å². The summed E-state index contributed by atoms with van der Waals surface area (Å²) in [5, 5.41) is 0. The number of carbonyl (C=O) groups excluding carboxylic acids is 3. The van der Waals surface area contributed by atoms with E-state index in [0.29, 0.717) is 33.5 Å². The van der Waals surface area contributed by atoms with Crippen LogP contribution in [-0.2, 0) is 9.59 Å². The molecular weight excluding hydrogens is 410 g/mol. The molecule has 9 heteroatoms. The van der Waals surface area contributed by atoms with Gasteiger partial charge in [-0.1, -0.05) is 42.2 Å². The van der Waals surface area contributed by atoms with Crippen molar-refractivity contribution in [3.63, 3.8) is 0 Å². The average molecular weight is 430 g/mol. The van der Waals surface area contributed by atoms with Gasteiger partial charge in [0.05, 0.1) is 11.2 Å². The van der Waals surface area contributed by atoms with Gasteiger partial charge in [0, 0.05) is 24.6 Å². The Kier molecular flexibility index (Phi) is 6.84. The Hall–Kier alpha value is -2.91. The van der Waals surface area contributed by atoms with Crippen molar-refractivity contribution >= 4 is 52.1 Å². The van der Waals surface area contributed by atoms with Gasteiger partial charge in [0.15, 0.2) is 0 Å². The summed E-state index contributed by atoms with van der Waals surface area (Å²) in [6, 6.07) is 10.6. The van der Waals surface area contributed by atoms with E-state index < -0.39 is 0 Å². The molecule has 1 aliphatic heterocycles. The van der Waals surface area contributed by atoms with Gasteiger partial charge in [0.1, 0.15) is 10.1 Å². The van der Waals surface area contributed by atoms with E-state index >= 15 is 0 Å². The highest BCUT2D eigenvalue weighted by Crippen LogP contribution is 2.32. The standard InChI is InChI=1S/C20H19N3O4S2/c1-13-6-2-3-8-15(13)18(25)22-21-17(24)9-4-10-23-19(26)16(29-20(23)28)12-14-7-5-11-27-14/h2-3,5-8,11-12H,4,9-10H2,1H3,(H,21,24)(H,22,25)/b16-12+. The fraction of sp³-hybridized carbons (Fsp3) is 0.200. The lowest BCUT2D eigenvalue weighted by molar-refractivity contribution is -0.124. The molecule has 1 aromatic heterocycles. The molecule has 2 heterocycles. The summed E-state index contributed by atoms with van der Waals surface area (Å²) in [4.78, 5) is 38.5. The molecule has 0 radical (unpaired) electrons. The van der Waals surface area contributed by atoms with E-state index in [1.807, 2.05) is 19.1 Å². The van der Waals surface area contributed by atoms with Crippen molar-refractivity contribution in [2.45, 2.75) is 19.8 Å². The first-order valence-corrected chi connectivity index (χ1v) is 10.1. The minimum Gasteiger partial charge on any atom is -0.465 e. The van der Waals surface area contributed by atoms with Crippen LogP contribution in [0, 0.1) is 6.92 Å².